The van der Waals surface area contributed by atoms with E-state index in [9.17, 15) is 13.2 Å². The van der Waals surface area contributed by atoms with Crippen LogP contribution in [0.15, 0.2) is 61.2 Å². The van der Waals surface area contributed by atoms with Gasteiger partial charge in [0.1, 0.15) is 0 Å². The highest BCUT2D eigenvalue weighted by atomic mass is 35.5. The fraction of sp³-hybridized carbons (Fsp3) is 0.304. The minimum atomic E-state index is -3.58. The Hall–Kier alpha value is -2.39. The molecule has 1 unspecified atom stereocenters. The summed E-state index contributed by atoms with van der Waals surface area (Å²) in [4.78, 5) is 16.8. The second-order valence-electron chi connectivity index (χ2n) is 8.06. The molecule has 2 aromatic carbocycles. The molecule has 1 saturated heterocycles. The largest absolute Gasteiger partial charge is 0.352 e. The first kappa shape index (κ1) is 23.8. The van der Waals surface area contributed by atoms with E-state index in [-0.39, 0.29) is 24.1 Å². The highest BCUT2D eigenvalue weighted by Gasteiger charge is 2.32. The Morgan fingerprint density at radius 2 is 1.85 bits per heavy atom. The van der Waals surface area contributed by atoms with Crippen molar-refractivity contribution in [2.75, 3.05) is 13.1 Å². The Kier molecular flexibility index (Phi) is 7.38. The van der Waals surface area contributed by atoms with E-state index in [1.54, 1.807) is 30.7 Å². The first-order valence-corrected chi connectivity index (χ1v) is 12.9. The van der Waals surface area contributed by atoms with Crippen LogP contribution in [-0.2, 0) is 27.1 Å². The molecule has 1 aliphatic rings. The average Bonchev–Trinajstić information content (AvgIpc) is 3.35. The summed E-state index contributed by atoms with van der Waals surface area (Å²) in [6.07, 6.45) is 6.59. The van der Waals surface area contributed by atoms with E-state index in [0.29, 0.717) is 41.5 Å². The van der Waals surface area contributed by atoms with Crippen LogP contribution >= 0.6 is 23.2 Å². The average molecular weight is 507 g/mol. The summed E-state index contributed by atoms with van der Waals surface area (Å²) in [6, 6.07) is 12.6. The van der Waals surface area contributed by atoms with Gasteiger partial charge in [0.25, 0.3) is 0 Å². The van der Waals surface area contributed by atoms with Gasteiger partial charge in [-0.05, 0) is 48.2 Å². The highest BCUT2D eigenvalue weighted by Crippen LogP contribution is 2.26. The van der Waals surface area contributed by atoms with Gasteiger partial charge >= 0.3 is 0 Å². The lowest BCUT2D eigenvalue weighted by molar-refractivity contribution is -0.126. The maximum Gasteiger partial charge on any atom is 0.224 e. The van der Waals surface area contributed by atoms with Crippen molar-refractivity contribution in [3.63, 3.8) is 0 Å². The molecule has 0 spiro atoms. The van der Waals surface area contributed by atoms with Gasteiger partial charge in [-0.15, -0.1) is 0 Å². The van der Waals surface area contributed by atoms with Gasteiger partial charge in [0.15, 0.2) is 0 Å². The summed E-state index contributed by atoms with van der Waals surface area (Å²) in [5, 5.41) is 3.64. The molecule has 33 heavy (non-hydrogen) atoms. The quantitative estimate of drug-likeness (QED) is 0.523. The van der Waals surface area contributed by atoms with Gasteiger partial charge in [0.05, 0.1) is 28.0 Å². The van der Waals surface area contributed by atoms with E-state index < -0.39 is 10.0 Å². The third-order valence-electron chi connectivity index (χ3n) is 5.69. The second-order valence-corrected chi connectivity index (χ2v) is 10.8. The van der Waals surface area contributed by atoms with Gasteiger partial charge in [-0.1, -0.05) is 41.4 Å². The maximum atomic E-state index is 12.9. The first-order valence-electron chi connectivity index (χ1n) is 10.6. The topological polar surface area (TPSA) is 84.3 Å². The SMILES string of the molecule is O=C(NCc1ccc(-n2ccnc2)cc1)C1CCCN(S(=O)(=O)Cc2ccc(Cl)c(Cl)c2)C1. The van der Waals surface area contributed by atoms with Crippen molar-refractivity contribution in [2.24, 2.45) is 5.92 Å². The fourth-order valence-electron chi connectivity index (χ4n) is 3.87. The van der Waals surface area contributed by atoms with E-state index in [4.69, 9.17) is 23.2 Å². The molecule has 10 heteroatoms. The number of halogens is 2. The van der Waals surface area contributed by atoms with Crippen LogP contribution in [0, 0.1) is 5.92 Å². The molecule has 0 radical (unpaired) electrons. The molecular weight excluding hydrogens is 483 g/mol. The van der Waals surface area contributed by atoms with Crippen molar-refractivity contribution in [1.29, 1.82) is 0 Å². The number of imidazole rings is 1. The molecule has 7 nitrogen and oxygen atoms in total. The third-order valence-corrected chi connectivity index (χ3v) is 8.24. The number of amides is 1. The zero-order valence-electron chi connectivity index (χ0n) is 17.8. The molecular formula is C23H24Cl2N4O3S. The summed E-state index contributed by atoms with van der Waals surface area (Å²) in [5.74, 6) is -0.697. The van der Waals surface area contributed by atoms with Gasteiger partial charge in [-0.3, -0.25) is 4.79 Å². The van der Waals surface area contributed by atoms with Crippen LogP contribution in [0.25, 0.3) is 5.69 Å². The van der Waals surface area contributed by atoms with Crippen molar-refractivity contribution in [1.82, 2.24) is 19.2 Å². The number of benzene rings is 2. The first-order chi connectivity index (χ1) is 15.8. The van der Waals surface area contributed by atoms with Crippen molar-refractivity contribution in [3.8, 4) is 5.69 Å². The van der Waals surface area contributed by atoms with Crippen molar-refractivity contribution in [2.45, 2.75) is 25.1 Å². The van der Waals surface area contributed by atoms with E-state index in [2.05, 4.69) is 10.3 Å². The van der Waals surface area contributed by atoms with Crippen molar-refractivity contribution < 1.29 is 13.2 Å². The molecule has 3 aromatic rings. The zero-order valence-corrected chi connectivity index (χ0v) is 20.2. The molecule has 1 fully saturated rings. The number of carbonyl (C=O) groups is 1. The highest BCUT2D eigenvalue weighted by molar-refractivity contribution is 7.88. The predicted molar refractivity (Wildman–Crippen MR) is 129 cm³/mol. The van der Waals surface area contributed by atoms with Gasteiger partial charge in [0, 0.05) is 37.7 Å². The van der Waals surface area contributed by atoms with Crippen molar-refractivity contribution >= 4 is 39.1 Å². The molecule has 0 saturated carbocycles. The minimum absolute atomic E-state index is 0.136. The second kappa shape index (κ2) is 10.3. The lowest BCUT2D eigenvalue weighted by Gasteiger charge is -2.31. The third kappa shape index (κ3) is 5.95. The predicted octanol–water partition coefficient (Wildman–Crippen LogP) is 4.04. The number of nitrogens with zero attached hydrogens (tertiary/aromatic N) is 3. The maximum absolute atomic E-state index is 12.9. The van der Waals surface area contributed by atoms with Crippen LogP contribution in [0.5, 0.6) is 0 Å². The van der Waals surface area contributed by atoms with Crippen LogP contribution in [-0.4, -0.2) is 41.3 Å². The number of rotatable bonds is 7. The normalized spacial score (nSPS) is 17.1. The number of hydrogen-bond donors (Lipinski definition) is 1. The van der Waals surface area contributed by atoms with Gasteiger partial charge in [-0.25, -0.2) is 17.7 Å². The molecule has 1 aliphatic heterocycles. The van der Waals surface area contributed by atoms with E-state index in [1.165, 1.54) is 4.31 Å². The number of nitrogens with one attached hydrogen (secondary N) is 1. The van der Waals surface area contributed by atoms with E-state index in [1.807, 2.05) is 35.0 Å². The monoisotopic (exact) mass is 506 g/mol. The number of carbonyl (C=O) groups excluding carboxylic acids is 1. The summed E-state index contributed by atoms with van der Waals surface area (Å²) < 4.78 is 29.2. The van der Waals surface area contributed by atoms with Crippen LogP contribution in [0.3, 0.4) is 0 Å². The van der Waals surface area contributed by atoms with Gasteiger partial charge < -0.3 is 9.88 Å². The molecule has 1 aromatic heterocycles. The Morgan fingerprint density at radius 1 is 1.09 bits per heavy atom. The van der Waals surface area contributed by atoms with Crippen LogP contribution < -0.4 is 5.32 Å². The Bertz CT molecular complexity index is 1220. The lowest BCUT2D eigenvalue weighted by Crippen LogP contribution is -2.45. The molecule has 2 heterocycles. The van der Waals surface area contributed by atoms with Crippen LogP contribution in [0.1, 0.15) is 24.0 Å². The molecule has 0 bridgehead atoms. The number of piperidine rings is 1. The summed E-state index contributed by atoms with van der Waals surface area (Å²) in [7, 11) is -3.58. The standard InChI is InChI=1S/C23H24Cl2N4O3S/c24-21-8-5-18(12-22(21)25)15-33(31,32)29-10-1-2-19(14-29)23(30)27-13-17-3-6-20(7-4-17)28-11-9-26-16-28/h3-9,11-12,16,19H,1-2,10,13-15H2,(H,27,30). The van der Waals surface area contributed by atoms with E-state index in [0.717, 1.165) is 11.3 Å². The summed E-state index contributed by atoms with van der Waals surface area (Å²) in [5.41, 5.74) is 2.51. The lowest BCUT2D eigenvalue weighted by atomic mass is 9.99. The van der Waals surface area contributed by atoms with Crippen molar-refractivity contribution in [3.05, 3.63) is 82.4 Å². The summed E-state index contributed by atoms with van der Waals surface area (Å²) >= 11 is 11.9. The Balaban J connectivity index is 1.33. The molecule has 0 aliphatic carbocycles. The molecule has 1 amide bonds. The van der Waals surface area contributed by atoms with E-state index >= 15 is 0 Å². The molecule has 4 rings (SSSR count). The Labute approximate surface area is 203 Å². The smallest absolute Gasteiger partial charge is 0.224 e. The van der Waals surface area contributed by atoms with Crippen LogP contribution in [0.4, 0.5) is 0 Å². The number of sulfonamides is 1. The molecule has 1 atom stereocenters. The summed E-state index contributed by atoms with van der Waals surface area (Å²) in [6.45, 7) is 0.966. The minimum Gasteiger partial charge on any atom is -0.352 e. The molecule has 1 N–H and O–H groups in total. The number of aromatic nitrogens is 2. The Morgan fingerprint density at radius 3 is 2.55 bits per heavy atom. The van der Waals surface area contributed by atoms with Crippen LogP contribution in [0.2, 0.25) is 10.0 Å². The van der Waals surface area contributed by atoms with Gasteiger partial charge in [-0.2, -0.15) is 0 Å². The molecule has 174 valence electrons. The van der Waals surface area contributed by atoms with Gasteiger partial charge in [0.2, 0.25) is 15.9 Å². The fourth-order valence-corrected chi connectivity index (χ4v) is 5.79. The number of hydrogen-bond acceptors (Lipinski definition) is 4. The zero-order chi connectivity index (χ0) is 23.4.